The van der Waals surface area contributed by atoms with E-state index in [2.05, 4.69) is 10.1 Å². The largest absolute Gasteiger partial charge is 0.377 e. The Balaban J connectivity index is 1.65. The molecular weight excluding hydrogens is 236 g/mol. The van der Waals surface area contributed by atoms with Gasteiger partial charge in [0.25, 0.3) is 0 Å². The molecule has 0 spiro atoms. The van der Waals surface area contributed by atoms with Crippen LogP contribution in [0.5, 0.6) is 0 Å². The van der Waals surface area contributed by atoms with Crippen LogP contribution in [-0.4, -0.2) is 41.8 Å². The van der Waals surface area contributed by atoms with Crippen molar-refractivity contribution in [3.05, 3.63) is 11.7 Å². The number of ether oxygens (including phenoxy) is 2. The molecule has 0 saturated carbocycles. The third-order valence-electron chi connectivity index (χ3n) is 3.58. The lowest BCUT2D eigenvalue weighted by Gasteiger charge is -2.13. The number of carbonyl (C=O) groups excluding carboxylic acids is 1. The van der Waals surface area contributed by atoms with Gasteiger partial charge in [0.2, 0.25) is 5.89 Å². The van der Waals surface area contributed by atoms with Crippen molar-refractivity contribution in [2.45, 2.75) is 43.8 Å². The van der Waals surface area contributed by atoms with E-state index in [9.17, 15) is 4.79 Å². The molecule has 98 valence electrons. The molecule has 18 heavy (non-hydrogen) atoms. The molecule has 2 aliphatic rings. The molecule has 1 aromatic heterocycles. The lowest BCUT2D eigenvalue weighted by molar-refractivity contribution is -0.122. The first-order chi connectivity index (χ1) is 8.76. The smallest absolute Gasteiger partial charge is 0.234 e. The highest BCUT2D eigenvalue weighted by molar-refractivity contribution is 5.81. The van der Waals surface area contributed by atoms with Gasteiger partial charge in [0.15, 0.2) is 11.6 Å². The third-order valence-corrected chi connectivity index (χ3v) is 3.58. The molecule has 1 aromatic rings. The number of rotatable bonds is 5. The molecule has 2 bridgehead atoms. The number of nitrogens with zero attached hydrogens (tertiary/aromatic N) is 2. The summed E-state index contributed by atoms with van der Waals surface area (Å²) in [5.74, 6) is 1.23. The average Bonchev–Trinajstić information content (AvgIpc) is 3.03. The van der Waals surface area contributed by atoms with E-state index in [1.54, 1.807) is 0 Å². The van der Waals surface area contributed by atoms with Gasteiger partial charge >= 0.3 is 0 Å². The van der Waals surface area contributed by atoms with Crippen LogP contribution < -0.4 is 0 Å². The molecule has 3 unspecified atom stereocenters. The molecule has 0 aliphatic carbocycles. The van der Waals surface area contributed by atoms with Gasteiger partial charge in [-0.05, 0) is 19.3 Å². The van der Waals surface area contributed by atoms with E-state index in [1.807, 2.05) is 0 Å². The van der Waals surface area contributed by atoms with Gasteiger partial charge < -0.3 is 14.0 Å². The van der Waals surface area contributed by atoms with E-state index in [4.69, 9.17) is 14.0 Å². The molecule has 2 saturated heterocycles. The van der Waals surface area contributed by atoms with Crippen LogP contribution in [0.4, 0.5) is 0 Å². The maximum Gasteiger partial charge on any atom is 0.234 e. The first kappa shape index (κ1) is 11.8. The van der Waals surface area contributed by atoms with Crippen molar-refractivity contribution in [3.8, 4) is 0 Å². The number of fused-ring (bicyclic) bond motifs is 2. The highest BCUT2D eigenvalue weighted by Crippen LogP contribution is 2.43. The van der Waals surface area contributed by atoms with Crippen LogP contribution in [0, 0.1) is 0 Å². The van der Waals surface area contributed by atoms with Crippen LogP contribution >= 0.6 is 0 Å². The SMILES string of the molecule is COCC(=O)Cc1nc(C2CC3CCC2O3)no1. The number of aromatic nitrogens is 2. The molecule has 0 radical (unpaired) electrons. The minimum Gasteiger partial charge on any atom is -0.377 e. The van der Waals surface area contributed by atoms with Gasteiger partial charge in [-0.1, -0.05) is 5.16 Å². The van der Waals surface area contributed by atoms with Crippen molar-refractivity contribution in [3.63, 3.8) is 0 Å². The Hall–Kier alpha value is -1.27. The maximum absolute atomic E-state index is 11.4. The van der Waals surface area contributed by atoms with Gasteiger partial charge in [0.05, 0.1) is 24.5 Å². The summed E-state index contributed by atoms with van der Waals surface area (Å²) in [7, 11) is 1.49. The molecule has 0 aromatic carbocycles. The van der Waals surface area contributed by atoms with Crippen molar-refractivity contribution < 1.29 is 18.8 Å². The number of carbonyl (C=O) groups is 1. The van der Waals surface area contributed by atoms with Gasteiger partial charge in [0, 0.05) is 7.11 Å². The van der Waals surface area contributed by atoms with Crippen molar-refractivity contribution in [1.82, 2.24) is 10.1 Å². The zero-order valence-electron chi connectivity index (χ0n) is 10.3. The minimum atomic E-state index is -0.0584. The molecule has 6 nitrogen and oxygen atoms in total. The van der Waals surface area contributed by atoms with Crippen LogP contribution in [0.15, 0.2) is 4.52 Å². The number of Topliss-reactive ketones (excluding diaryl/α,β-unsaturated/α-hetero) is 1. The Morgan fingerprint density at radius 1 is 1.50 bits per heavy atom. The summed E-state index contributed by atoms with van der Waals surface area (Å²) >= 11 is 0. The molecule has 3 atom stereocenters. The maximum atomic E-state index is 11.4. The fourth-order valence-electron chi connectivity index (χ4n) is 2.78. The van der Waals surface area contributed by atoms with Gasteiger partial charge in [-0.3, -0.25) is 4.79 Å². The molecule has 3 rings (SSSR count). The molecule has 2 aliphatic heterocycles. The number of methoxy groups -OCH3 is 1. The average molecular weight is 252 g/mol. The first-order valence-corrected chi connectivity index (χ1v) is 6.25. The molecule has 6 heteroatoms. The summed E-state index contributed by atoms with van der Waals surface area (Å²) in [6.07, 6.45) is 3.91. The van der Waals surface area contributed by atoms with Gasteiger partial charge in [-0.2, -0.15) is 4.98 Å². The van der Waals surface area contributed by atoms with Crippen LogP contribution in [0.3, 0.4) is 0 Å². The van der Waals surface area contributed by atoms with Crippen LogP contribution in [0.25, 0.3) is 0 Å². The highest BCUT2D eigenvalue weighted by Gasteiger charge is 2.43. The van der Waals surface area contributed by atoms with E-state index in [1.165, 1.54) is 7.11 Å². The summed E-state index contributed by atoms with van der Waals surface area (Å²) < 4.78 is 15.6. The zero-order chi connectivity index (χ0) is 12.5. The highest BCUT2D eigenvalue weighted by atomic mass is 16.5. The minimum absolute atomic E-state index is 0.0584. The number of hydrogen-bond acceptors (Lipinski definition) is 6. The second-order valence-corrected chi connectivity index (χ2v) is 4.91. The second kappa shape index (κ2) is 4.78. The Labute approximate surface area is 105 Å². The van der Waals surface area contributed by atoms with E-state index < -0.39 is 0 Å². The third kappa shape index (κ3) is 2.18. The van der Waals surface area contributed by atoms with E-state index >= 15 is 0 Å². The lowest BCUT2D eigenvalue weighted by Crippen LogP contribution is -2.16. The summed E-state index contributed by atoms with van der Waals surface area (Å²) in [5, 5.41) is 3.97. The molecule has 3 heterocycles. The van der Waals surface area contributed by atoms with Crippen molar-refractivity contribution in [1.29, 1.82) is 0 Å². The van der Waals surface area contributed by atoms with Crippen LogP contribution in [0.1, 0.15) is 36.9 Å². The Bertz CT molecular complexity index is 445. The van der Waals surface area contributed by atoms with Gasteiger partial charge in [0.1, 0.15) is 6.61 Å². The molecule has 2 fully saturated rings. The van der Waals surface area contributed by atoms with Gasteiger partial charge in [-0.15, -0.1) is 0 Å². The summed E-state index contributed by atoms with van der Waals surface area (Å²) in [6.45, 7) is 0.0783. The van der Waals surface area contributed by atoms with Crippen LogP contribution in [0.2, 0.25) is 0 Å². The fourth-order valence-corrected chi connectivity index (χ4v) is 2.78. The Morgan fingerprint density at radius 2 is 2.39 bits per heavy atom. The molecule has 0 amide bonds. The lowest BCUT2D eigenvalue weighted by atomic mass is 9.89. The summed E-state index contributed by atoms with van der Waals surface area (Å²) in [4.78, 5) is 15.7. The van der Waals surface area contributed by atoms with E-state index in [0.29, 0.717) is 17.8 Å². The predicted octanol–water partition coefficient (Wildman–Crippen LogP) is 0.863. The first-order valence-electron chi connectivity index (χ1n) is 6.25. The fraction of sp³-hybridized carbons (Fsp3) is 0.750. The topological polar surface area (TPSA) is 74.5 Å². The van der Waals surface area contributed by atoms with Crippen molar-refractivity contribution in [2.24, 2.45) is 0 Å². The predicted molar refractivity (Wildman–Crippen MR) is 60.1 cm³/mol. The summed E-state index contributed by atoms with van der Waals surface area (Å²) in [6, 6.07) is 0. The van der Waals surface area contributed by atoms with Gasteiger partial charge in [-0.25, -0.2) is 0 Å². The Kier molecular flexibility index (Phi) is 3.13. The number of hydrogen-bond donors (Lipinski definition) is 0. The van der Waals surface area contributed by atoms with E-state index in [0.717, 1.165) is 19.3 Å². The summed E-state index contributed by atoms with van der Waals surface area (Å²) in [5.41, 5.74) is 0. The Morgan fingerprint density at radius 3 is 3.06 bits per heavy atom. The standard InChI is InChI=1S/C12H16N2O4/c1-16-6-7(15)4-11-13-12(14-18-11)9-5-8-2-3-10(9)17-8/h8-10H,2-6H2,1H3. The van der Waals surface area contributed by atoms with E-state index in [-0.39, 0.29) is 30.8 Å². The van der Waals surface area contributed by atoms with Crippen molar-refractivity contribution >= 4 is 5.78 Å². The van der Waals surface area contributed by atoms with Crippen LogP contribution in [-0.2, 0) is 20.7 Å². The molecular formula is C12H16N2O4. The normalized spacial score (nSPS) is 29.9. The zero-order valence-corrected chi connectivity index (χ0v) is 10.3. The quantitative estimate of drug-likeness (QED) is 0.773. The molecule has 0 N–H and O–H groups in total. The monoisotopic (exact) mass is 252 g/mol. The van der Waals surface area contributed by atoms with Crippen molar-refractivity contribution in [2.75, 3.05) is 13.7 Å². The second-order valence-electron chi connectivity index (χ2n) is 4.91. The number of ketones is 1.